The lowest BCUT2D eigenvalue weighted by Gasteiger charge is -2.38. The van der Waals surface area contributed by atoms with Crippen LogP contribution in [-0.4, -0.2) is 37.4 Å². The van der Waals surface area contributed by atoms with Crippen LogP contribution in [-0.2, 0) is 17.0 Å². The molecule has 3 aromatic carbocycles. The first kappa shape index (κ1) is 16.3. The fourth-order valence-corrected chi connectivity index (χ4v) is 6.60. The molecule has 7 nitrogen and oxygen atoms in total. The number of aromatic nitrogens is 2. The lowest BCUT2D eigenvalue weighted by molar-refractivity contribution is -0.189. The van der Waals surface area contributed by atoms with Gasteiger partial charge in [-0.15, -0.1) is 0 Å². The summed E-state index contributed by atoms with van der Waals surface area (Å²) in [6.07, 6.45) is -0.934. The maximum absolute atomic E-state index is 13.2. The third-order valence-electron chi connectivity index (χ3n) is 8.02. The van der Waals surface area contributed by atoms with Crippen LogP contribution in [0.25, 0.3) is 43.6 Å². The zero-order valence-corrected chi connectivity index (χ0v) is 17.7. The Balaban J connectivity index is 1.74. The minimum atomic E-state index is -2.94. The predicted molar refractivity (Wildman–Crippen MR) is 124 cm³/mol. The van der Waals surface area contributed by atoms with Crippen LogP contribution in [0.5, 0.6) is 0 Å². The van der Waals surface area contributed by atoms with Crippen molar-refractivity contribution in [3.8, 4) is 0 Å². The molecule has 164 valence electrons. The fourth-order valence-electron chi connectivity index (χ4n) is 6.60. The van der Waals surface area contributed by atoms with Crippen molar-refractivity contribution in [3.05, 3.63) is 59.7 Å². The minimum absolute atomic E-state index is 0.119. The zero-order chi connectivity index (χ0) is 24.1. The molecule has 0 saturated carbocycles. The average Bonchev–Trinajstić information content (AvgIpc) is 3.50. The molecule has 3 atom stereocenters. The normalized spacial score (nSPS) is 29.2. The molecule has 1 fully saturated rings. The van der Waals surface area contributed by atoms with Crippen LogP contribution in [0.4, 0.5) is 0 Å². The summed E-state index contributed by atoms with van der Waals surface area (Å²) in [6, 6.07) is 15.5. The van der Waals surface area contributed by atoms with E-state index in [0.29, 0.717) is 12.1 Å². The van der Waals surface area contributed by atoms with E-state index >= 15 is 0 Å². The summed E-state index contributed by atoms with van der Waals surface area (Å²) in [6.45, 7) is -0.924. The Kier molecular flexibility index (Phi) is 2.66. The van der Waals surface area contributed by atoms with Gasteiger partial charge in [-0.3, -0.25) is 4.79 Å². The van der Waals surface area contributed by atoms with E-state index in [1.54, 1.807) is 6.92 Å². The van der Waals surface area contributed by atoms with E-state index in [9.17, 15) is 15.0 Å². The molecule has 1 amide bonds. The highest BCUT2D eigenvalue weighted by molar-refractivity contribution is 6.31. The van der Waals surface area contributed by atoms with Crippen LogP contribution in [0.2, 0.25) is 0 Å². The van der Waals surface area contributed by atoms with Crippen LogP contribution >= 0.6 is 0 Å². The number of ether oxygens (including phenoxy) is 1. The highest BCUT2D eigenvalue weighted by atomic mass is 16.6. The minimum Gasteiger partial charge on any atom is -0.393 e. The van der Waals surface area contributed by atoms with E-state index < -0.39 is 24.1 Å². The van der Waals surface area contributed by atoms with Gasteiger partial charge in [0, 0.05) is 34.5 Å². The molecule has 3 aliphatic heterocycles. The lowest BCUT2D eigenvalue weighted by atomic mass is 9.89. The van der Waals surface area contributed by atoms with Crippen molar-refractivity contribution in [1.82, 2.24) is 14.5 Å². The van der Waals surface area contributed by atoms with Gasteiger partial charge in [-0.25, -0.2) is 0 Å². The number of nitrogens with zero attached hydrogens (tertiary/aromatic N) is 2. The van der Waals surface area contributed by atoms with Crippen LogP contribution in [0.1, 0.15) is 38.2 Å². The number of aliphatic hydroxyl groups is 2. The molecule has 0 aliphatic carbocycles. The summed E-state index contributed by atoms with van der Waals surface area (Å²) >= 11 is 0. The van der Waals surface area contributed by atoms with E-state index in [4.69, 9.17) is 7.48 Å². The molecule has 2 aromatic heterocycles. The Bertz CT molecular complexity index is 1820. The van der Waals surface area contributed by atoms with Crippen molar-refractivity contribution >= 4 is 49.5 Å². The number of fused-ring (bicyclic) bond motifs is 13. The first-order chi connectivity index (χ1) is 16.7. The molecule has 0 radical (unpaired) electrons. The third-order valence-corrected chi connectivity index (χ3v) is 8.02. The van der Waals surface area contributed by atoms with Gasteiger partial charge >= 0.3 is 0 Å². The van der Waals surface area contributed by atoms with E-state index in [0.717, 1.165) is 49.2 Å². The topological polar surface area (TPSA) is 88.7 Å². The molecule has 33 heavy (non-hydrogen) atoms. The van der Waals surface area contributed by atoms with Crippen LogP contribution in [0.3, 0.4) is 0 Å². The number of carbonyl (C=O) groups is 1. The number of amides is 1. The molecule has 0 spiro atoms. The molecule has 5 aromatic rings. The van der Waals surface area contributed by atoms with Crippen molar-refractivity contribution in [3.63, 3.8) is 0 Å². The zero-order valence-electron chi connectivity index (χ0n) is 19.7. The SMILES string of the molecule is [2H]C([2H])(O)C1(O)CC2OC1(C)n1c3ccccc3c3c4c(c5c6ccccc6n2c5c31)C(=O)NC4. The van der Waals surface area contributed by atoms with E-state index in [-0.39, 0.29) is 12.3 Å². The monoisotopic (exact) mass is 441 g/mol. The van der Waals surface area contributed by atoms with Crippen molar-refractivity contribution in [2.24, 2.45) is 0 Å². The predicted octanol–water partition coefficient (Wildman–Crippen LogP) is 3.47. The Morgan fingerprint density at radius 2 is 1.82 bits per heavy atom. The van der Waals surface area contributed by atoms with Gasteiger partial charge < -0.3 is 29.4 Å². The summed E-state index contributed by atoms with van der Waals surface area (Å²) in [5, 5.41) is 29.0. The highest BCUT2D eigenvalue weighted by Crippen LogP contribution is 2.57. The van der Waals surface area contributed by atoms with E-state index in [2.05, 4.69) is 5.32 Å². The first-order valence-corrected chi connectivity index (χ1v) is 11.1. The van der Waals surface area contributed by atoms with Gasteiger partial charge in [0.1, 0.15) is 11.8 Å². The number of carbonyl (C=O) groups excluding carboxylic acids is 1. The summed E-state index contributed by atoms with van der Waals surface area (Å²) in [4.78, 5) is 13.2. The van der Waals surface area contributed by atoms with Gasteiger partial charge in [-0.1, -0.05) is 36.4 Å². The molecule has 8 rings (SSSR count). The summed E-state index contributed by atoms with van der Waals surface area (Å²) < 4.78 is 26.9. The molecular formula is C26H21N3O4. The maximum atomic E-state index is 13.2. The molecule has 3 aliphatic rings. The Morgan fingerprint density at radius 1 is 1.12 bits per heavy atom. The van der Waals surface area contributed by atoms with E-state index in [1.807, 2.05) is 57.7 Å². The van der Waals surface area contributed by atoms with Crippen LogP contribution in [0, 0.1) is 0 Å². The molecule has 1 saturated heterocycles. The Hall–Kier alpha value is -3.39. The average molecular weight is 441 g/mol. The number of para-hydroxylation sites is 2. The standard InChI is InChI=1S/C26H21N3O4/c1-25-26(32,12-30)10-18(33-25)28-16-8-4-2-6-13(16)20-21-15(11-27-24(21)31)19-14-7-3-5-9-17(14)29(25)23(19)22(20)28/h2-9,18,30,32H,10-12H2,1H3,(H,27,31)/i12D2. The molecule has 7 heteroatoms. The number of hydrogen-bond donors (Lipinski definition) is 3. The summed E-state index contributed by atoms with van der Waals surface area (Å²) in [5.74, 6) is -0.119. The van der Waals surface area contributed by atoms with Crippen molar-refractivity contribution in [2.45, 2.75) is 37.4 Å². The Morgan fingerprint density at radius 3 is 2.58 bits per heavy atom. The Labute approximate surface area is 190 Å². The van der Waals surface area contributed by atoms with Gasteiger partial charge in [0.15, 0.2) is 5.72 Å². The molecule has 3 N–H and O–H groups in total. The largest absolute Gasteiger partial charge is 0.393 e. The quantitative estimate of drug-likeness (QED) is 0.372. The maximum Gasteiger partial charge on any atom is 0.252 e. The van der Waals surface area contributed by atoms with Crippen LogP contribution < -0.4 is 5.32 Å². The molecule has 3 unspecified atom stereocenters. The number of hydrogen-bond acceptors (Lipinski definition) is 4. The van der Waals surface area contributed by atoms with Gasteiger partial charge in [0.25, 0.3) is 5.91 Å². The number of nitrogens with one attached hydrogen (secondary N) is 1. The summed E-state index contributed by atoms with van der Waals surface area (Å²) in [7, 11) is 0. The van der Waals surface area contributed by atoms with Gasteiger partial charge in [-0.2, -0.15) is 0 Å². The smallest absolute Gasteiger partial charge is 0.252 e. The molecule has 2 bridgehead atoms. The molecule has 5 heterocycles. The third kappa shape index (κ3) is 1.75. The second kappa shape index (κ2) is 5.39. The first-order valence-electron chi connectivity index (χ1n) is 12.1. The van der Waals surface area contributed by atoms with Gasteiger partial charge in [0.2, 0.25) is 0 Å². The highest BCUT2D eigenvalue weighted by Gasteiger charge is 2.60. The second-order valence-electron chi connectivity index (χ2n) is 9.45. The van der Waals surface area contributed by atoms with Gasteiger partial charge in [-0.05, 0) is 24.6 Å². The van der Waals surface area contributed by atoms with Crippen LogP contribution in [0.15, 0.2) is 48.5 Å². The van der Waals surface area contributed by atoms with Gasteiger partial charge in [0.05, 0.1) is 36.9 Å². The number of rotatable bonds is 1. The summed E-state index contributed by atoms with van der Waals surface area (Å²) in [5.41, 5.74) is 0.804. The number of benzene rings is 3. The van der Waals surface area contributed by atoms with E-state index in [1.165, 1.54) is 0 Å². The second-order valence-corrected chi connectivity index (χ2v) is 9.45. The van der Waals surface area contributed by atoms with Crippen molar-refractivity contribution < 1.29 is 22.5 Å². The van der Waals surface area contributed by atoms with Crippen molar-refractivity contribution in [1.29, 1.82) is 0 Å². The molecular weight excluding hydrogens is 418 g/mol. The fraction of sp³-hybridized carbons (Fsp3) is 0.269. The lowest BCUT2D eigenvalue weighted by Crippen LogP contribution is -2.53. The van der Waals surface area contributed by atoms with Crippen molar-refractivity contribution in [2.75, 3.05) is 6.56 Å².